The zero-order chi connectivity index (χ0) is 33.3. The van der Waals surface area contributed by atoms with Crippen molar-refractivity contribution in [3.05, 3.63) is 64.7 Å². The summed E-state index contributed by atoms with van der Waals surface area (Å²) in [6.07, 6.45) is -0.746. The average molecular weight is 666 g/mol. The first-order chi connectivity index (χ1) is 21.1. The van der Waals surface area contributed by atoms with Crippen LogP contribution >= 0.6 is 0 Å². The van der Waals surface area contributed by atoms with Crippen LogP contribution in [-0.2, 0) is 16.3 Å². The standard InChI is InChI=1S/C33H42F7NO3S/c1-23(9-7-19-45(43,44)20-8-17-32(36,37)33(38,39)40)41-18-5-3-2-4-11-28-27-16-14-26(42)21-24(27)10-6-12-29(28)30-15-13-25(34)22-31(30)35/h13-16,21-23,41-42H,2-12,17-20H2,1H3. The van der Waals surface area contributed by atoms with Crippen molar-refractivity contribution in [2.45, 2.75) is 102 Å². The van der Waals surface area contributed by atoms with Gasteiger partial charge in [-0.1, -0.05) is 18.9 Å². The third kappa shape index (κ3) is 11.3. The summed E-state index contributed by atoms with van der Waals surface area (Å²) in [5, 5.41) is 13.3. The fraction of sp³-hybridized carbons (Fsp3) is 0.576. The van der Waals surface area contributed by atoms with E-state index in [1.165, 1.54) is 12.1 Å². The van der Waals surface area contributed by atoms with Gasteiger partial charge in [0.2, 0.25) is 0 Å². The number of hydrogen-bond donors (Lipinski definition) is 2. The first kappa shape index (κ1) is 36.9. The van der Waals surface area contributed by atoms with Gasteiger partial charge in [-0.05, 0) is 118 Å². The lowest BCUT2D eigenvalue weighted by molar-refractivity contribution is -0.284. The molecular weight excluding hydrogens is 623 g/mol. The molecule has 0 fully saturated rings. The molecular formula is C33H42F7NO3S. The van der Waals surface area contributed by atoms with Gasteiger partial charge >= 0.3 is 12.1 Å². The summed E-state index contributed by atoms with van der Waals surface area (Å²) in [6.45, 7) is 2.61. The highest BCUT2D eigenvalue weighted by atomic mass is 32.2. The molecule has 1 aliphatic rings. The second-order valence-electron chi connectivity index (χ2n) is 11.9. The number of aryl methyl sites for hydroxylation is 1. The SMILES string of the molecule is CC(CCCS(=O)(=O)CCCC(F)(F)C(F)(F)F)NCCCCCCC1=C(c2ccc(F)cc2F)CCCc2cc(O)ccc21. The van der Waals surface area contributed by atoms with Crippen LogP contribution in [0.4, 0.5) is 30.7 Å². The Kier molecular flexibility index (Phi) is 13.3. The minimum Gasteiger partial charge on any atom is -0.508 e. The number of halogens is 7. The number of alkyl halides is 5. The molecule has 45 heavy (non-hydrogen) atoms. The van der Waals surface area contributed by atoms with Crippen molar-refractivity contribution < 1.29 is 44.3 Å². The smallest absolute Gasteiger partial charge is 0.453 e. The van der Waals surface area contributed by atoms with Crippen LogP contribution in [0.5, 0.6) is 5.75 Å². The minimum absolute atomic E-state index is 0.00647. The molecule has 0 amide bonds. The molecule has 1 unspecified atom stereocenters. The Morgan fingerprint density at radius 1 is 0.867 bits per heavy atom. The number of fused-ring (bicyclic) bond motifs is 1. The van der Waals surface area contributed by atoms with Crippen molar-refractivity contribution in [2.75, 3.05) is 18.1 Å². The highest BCUT2D eigenvalue weighted by molar-refractivity contribution is 7.91. The van der Waals surface area contributed by atoms with Crippen LogP contribution < -0.4 is 5.32 Å². The van der Waals surface area contributed by atoms with E-state index < -0.39 is 52.2 Å². The number of phenolic OH excluding ortho intramolecular Hbond substituents is 1. The normalized spacial score (nSPS) is 15.2. The Bertz CT molecular complexity index is 1410. The number of benzene rings is 2. The Labute approximate surface area is 261 Å². The number of aromatic hydroxyl groups is 1. The molecule has 0 aromatic heterocycles. The van der Waals surface area contributed by atoms with Gasteiger partial charge in [-0.25, -0.2) is 17.2 Å². The summed E-state index contributed by atoms with van der Waals surface area (Å²) >= 11 is 0. The molecule has 0 bridgehead atoms. The Balaban J connectivity index is 1.42. The zero-order valence-corrected chi connectivity index (χ0v) is 26.3. The van der Waals surface area contributed by atoms with Crippen molar-refractivity contribution in [3.63, 3.8) is 0 Å². The molecule has 0 radical (unpaired) electrons. The van der Waals surface area contributed by atoms with Crippen LogP contribution in [0, 0.1) is 11.6 Å². The van der Waals surface area contributed by atoms with Gasteiger partial charge in [0, 0.05) is 24.1 Å². The summed E-state index contributed by atoms with van der Waals surface area (Å²) in [5.74, 6) is -6.90. The molecule has 3 rings (SSSR count). The lowest BCUT2D eigenvalue weighted by Crippen LogP contribution is -2.36. The Morgan fingerprint density at radius 2 is 1.56 bits per heavy atom. The monoisotopic (exact) mass is 665 g/mol. The van der Waals surface area contributed by atoms with E-state index in [2.05, 4.69) is 5.32 Å². The Morgan fingerprint density at radius 3 is 2.27 bits per heavy atom. The maximum Gasteiger partial charge on any atom is 0.453 e. The molecule has 1 aliphatic carbocycles. The fourth-order valence-electron chi connectivity index (χ4n) is 5.77. The maximum atomic E-state index is 14.8. The van der Waals surface area contributed by atoms with Gasteiger partial charge in [-0.3, -0.25) is 0 Å². The van der Waals surface area contributed by atoms with Crippen molar-refractivity contribution >= 4 is 21.0 Å². The molecule has 0 saturated carbocycles. The summed E-state index contributed by atoms with van der Waals surface area (Å²) in [4.78, 5) is 0. The number of allylic oxidation sites excluding steroid dienone is 2. The second kappa shape index (κ2) is 16.3. The van der Waals surface area contributed by atoms with Crippen LogP contribution in [-0.4, -0.2) is 49.7 Å². The molecule has 0 heterocycles. The number of nitrogens with one attached hydrogen (secondary N) is 1. The van der Waals surface area contributed by atoms with Crippen LogP contribution in [0.1, 0.15) is 94.2 Å². The number of sulfone groups is 1. The summed E-state index contributed by atoms with van der Waals surface area (Å²) in [6, 6.07) is 8.93. The molecule has 4 nitrogen and oxygen atoms in total. The summed E-state index contributed by atoms with van der Waals surface area (Å²) in [7, 11) is -3.72. The van der Waals surface area contributed by atoms with Crippen molar-refractivity contribution in [2.24, 2.45) is 0 Å². The first-order valence-corrected chi connectivity index (χ1v) is 17.3. The van der Waals surface area contributed by atoms with Gasteiger partial charge < -0.3 is 10.4 Å². The van der Waals surface area contributed by atoms with E-state index in [1.807, 2.05) is 13.0 Å². The van der Waals surface area contributed by atoms with E-state index >= 15 is 0 Å². The van der Waals surface area contributed by atoms with E-state index in [0.29, 0.717) is 31.4 Å². The largest absolute Gasteiger partial charge is 0.508 e. The maximum absolute atomic E-state index is 14.8. The van der Waals surface area contributed by atoms with Crippen LogP contribution in [0.25, 0.3) is 11.1 Å². The minimum atomic E-state index is -5.68. The highest BCUT2D eigenvalue weighted by Crippen LogP contribution is 2.41. The van der Waals surface area contributed by atoms with E-state index in [1.54, 1.807) is 12.1 Å². The predicted octanol–water partition coefficient (Wildman–Crippen LogP) is 9.02. The molecule has 2 N–H and O–H groups in total. The molecule has 0 spiro atoms. The lowest BCUT2D eigenvalue weighted by atomic mass is 9.88. The third-order valence-corrected chi connectivity index (χ3v) is 10.0. The number of hydrogen-bond acceptors (Lipinski definition) is 4. The third-order valence-electron chi connectivity index (χ3n) is 8.21. The first-order valence-electron chi connectivity index (χ1n) is 15.5. The fourth-order valence-corrected chi connectivity index (χ4v) is 7.16. The molecule has 12 heteroatoms. The van der Waals surface area contributed by atoms with E-state index in [9.17, 15) is 44.3 Å². The number of phenols is 1. The molecule has 0 saturated heterocycles. The molecule has 1 atom stereocenters. The summed E-state index contributed by atoms with van der Waals surface area (Å²) in [5.41, 5.74) is 4.29. The average Bonchev–Trinajstić information content (AvgIpc) is 3.10. The van der Waals surface area contributed by atoms with Crippen LogP contribution in [0.3, 0.4) is 0 Å². The topological polar surface area (TPSA) is 66.4 Å². The quantitative estimate of drug-likeness (QED) is 0.131. The van der Waals surface area contributed by atoms with E-state index in [-0.39, 0.29) is 24.0 Å². The van der Waals surface area contributed by atoms with Crippen LogP contribution in [0.2, 0.25) is 0 Å². The zero-order valence-electron chi connectivity index (χ0n) is 25.5. The van der Waals surface area contributed by atoms with Crippen molar-refractivity contribution in [3.8, 4) is 5.75 Å². The van der Waals surface area contributed by atoms with Gasteiger partial charge in [0.15, 0.2) is 0 Å². The molecule has 2 aromatic carbocycles. The number of unbranched alkanes of at least 4 members (excludes halogenated alkanes) is 3. The summed E-state index contributed by atoms with van der Waals surface area (Å²) < 4.78 is 115. The molecule has 252 valence electrons. The van der Waals surface area contributed by atoms with Crippen LogP contribution in [0.15, 0.2) is 36.4 Å². The highest BCUT2D eigenvalue weighted by Gasteiger charge is 2.56. The number of rotatable bonds is 17. The van der Waals surface area contributed by atoms with Gasteiger partial charge in [-0.2, -0.15) is 22.0 Å². The van der Waals surface area contributed by atoms with Crippen molar-refractivity contribution in [1.29, 1.82) is 0 Å². The predicted molar refractivity (Wildman–Crippen MR) is 163 cm³/mol. The molecule has 2 aromatic rings. The van der Waals surface area contributed by atoms with E-state index in [0.717, 1.165) is 66.9 Å². The molecule has 0 aliphatic heterocycles. The van der Waals surface area contributed by atoms with E-state index in [4.69, 9.17) is 0 Å². The second-order valence-corrected chi connectivity index (χ2v) is 14.2. The lowest BCUT2D eigenvalue weighted by Gasteiger charge is -2.19. The Hall–Kier alpha value is -2.60. The van der Waals surface area contributed by atoms with Gasteiger partial charge in [0.1, 0.15) is 27.2 Å². The van der Waals surface area contributed by atoms with Gasteiger partial charge in [0.05, 0.1) is 11.5 Å². The van der Waals surface area contributed by atoms with Gasteiger partial charge in [0.25, 0.3) is 0 Å². The van der Waals surface area contributed by atoms with Crippen molar-refractivity contribution in [1.82, 2.24) is 5.32 Å². The van der Waals surface area contributed by atoms with Gasteiger partial charge in [-0.15, -0.1) is 0 Å².